The van der Waals surface area contributed by atoms with E-state index in [-0.39, 0.29) is 5.75 Å². The van der Waals surface area contributed by atoms with E-state index in [4.69, 9.17) is 0 Å². The van der Waals surface area contributed by atoms with Crippen molar-refractivity contribution in [2.75, 3.05) is 24.5 Å². The van der Waals surface area contributed by atoms with Crippen molar-refractivity contribution >= 4 is 5.69 Å². The zero-order valence-corrected chi connectivity index (χ0v) is 14.8. The number of H-pyrrole nitrogens is 1. The number of aromatic nitrogens is 2. The molecule has 3 rings (SSSR count). The monoisotopic (exact) mass is 368 g/mol. The van der Waals surface area contributed by atoms with Gasteiger partial charge in [0.2, 0.25) is 0 Å². The predicted molar refractivity (Wildman–Crippen MR) is 94.2 cm³/mol. The van der Waals surface area contributed by atoms with Crippen molar-refractivity contribution in [1.29, 1.82) is 0 Å². The molecule has 1 unspecified atom stereocenters. The molecule has 1 aliphatic heterocycles. The number of hydrogen-bond acceptors (Lipinski definition) is 4. The first-order valence-electron chi connectivity index (χ1n) is 8.69. The van der Waals surface area contributed by atoms with Crippen LogP contribution < -0.4 is 15.0 Å². The third kappa shape index (κ3) is 4.69. The Labute approximate surface area is 150 Å². The highest BCUT2D eigenvalue weighted by Gasteiger charge is 2.33. The summed E-state index contributed by atoms with van der Waals surface area (Å²) in [6.45, 7) is 6.63. The van der Waals surface area contributed by atoms with E-state index in [2.05, 4.69) is 39.0 Å². The Morgan fingerprint density at radius 1 is 1.35 bits per heavy atom. The largest absolute Gasteiger partial charge is 0.573 e. The third-order valence-corrected chi connectivity index (χ3v) is 4.38. The van der Waals surface area contributed by atoms with Crippen molar-refractivity contribution in [2.24, 2.45) is 5.92 Å². The molecule has 5 nitrogen and oxygen atoms in total. The van der Waals surface area contributed by atoms with Crippen LogP contribution in [0.2, 0.25) is 0 Å². The van der Waals surface area contributed by atoms with Crippen LogP contribution in [0, 0.1) is 5.92 Å². The normalized spacial score (nSPS) is 18.4. The lowest BCUT2D eigenvalue weighted by atomic mass is 10.0. The van der Waals surface area contributed by atoms with E-state index in [1.54, 1.807) is 12.3 Å². The van der Waals surface area contributed by atoms with E-state index >= 15 is 0 Å². The van der Waals surface area contributed by atoms with Crippen LogP contribution in [0.1, 0.15) is 20.3 Å². The van der Waals surface area contributed by atoms with Crippen LogP contribution in [-0.2, 0) is 0 Å². The third-order valence-electron chi connectivity index (χ3n) is 4.38. The lowest BCUT2D eigenvalue weighted by Crippen LogP contribution is -2.51. The number of nitrogens with one attached hydrogen (secondary N) is 2. The minimum absolute atomic E-state index is 0.213. The molecule has 1 saturated heterocycles. The number of aromatic amines is 1. The standard InChI is InChI=1S/C18H23F3N4O/c1-12(2)7-14-11-25(6-5-22-14)15-3-4-16(13-9-23-24-10-13)17(8-15)26-18(19,20)21/h3-4,8-10,12,14,22H,5-7,11H2,1-2H3,(H,23,24). The van der Waals surface area contributed by atoms with E-state index in [0.29, 0.717) is 23.1 Å². The summed E-state index contributed by atoms with van der Waals surface area (Å²) in [6, 6.07) is 5.28. The van der Waals surface area contributed by atoms with Crippen molar-refractivity contribution in [1.82, 2.24) is 15.5 Å². The van der Waals surface area contributed by atoms with E-state index < -0.39 is 6.36 Å². The number of rotatable bonds is 5. The highest BCUT2D eigenvalue weighted by atomic mass is 19.4. The molecular weight excluding hydrogens is 345 g/mol. The van der Waals surface area contributed by atoms with Gasteiger partial charge < -0.3 is 15.0 Å². The highest BCUT2D eigenvalue weighted by Crippen LogP contribution is 2.36. The van der Waals surface area contributed by atoms with Gasteiger partial charge in [-0.2, -0.15) is 5.10 Å². The van der Waals surface area contributed by atoms with Gasteiger partial charge in [0.05, 0.1) is 6.20 Å². The zero-order valence-electron chi connectivity index (χ0n) is 14.8. The number of anilines is 1. The zero-order chi connectivity index (χ0) is 18.7. The fraction of sp³-hybridized carbons (Fsp3) is 0.500. The summed E-state index contributed by atoms with van der Waals surface area (Å²) in [5, 5.41) is 9.89. The minimum Gasteiger partial charge on any atom is -0.405 e. The summed E-state index contributed by atoms with van der Waals surface area (Å²) in [5.41, 5.74) is 1.63. The predicted octanol–water partition coefficient (Wildman–Crippen LogP) is 3.80. The molecule has 0 saturated carbocycles. The summed E-state index contributed by atoms with van der Waals surface area (Å²) >= 11 is 0. The topological polar surface area (TPSA) is 53.2 Å². The van der Waals surface area contributed by atoms with Crippen LogP contribution >= 0.6 is 0 Å². The lowest BCUT2D eigenvalue weighted by molar-refractivity contribution is -0.274. The molecule has 1 atom stereocenters. The van der Waals surface area contributed by atoms with Gasteiger partial charge in [0.15, 0.2) is 0 Å². The Morgan fingerprint density at radius 2 is 2.15 bits per heavy atom. The minimum atomic E-state index is -4.75. The number of nitrogens with zero attached hydrogens (tertiary/aromatic N) is 2. The second-order valence-electron chi connectivity index (χ2n) is 6.94. The number of ether oxygens (including phenoxy) is 1. The number of piperazine rings is 1. The van der Waals surface area contributed by atoms with Gasteiger partial charge in [-0.05, 0) is 24.5 Å². The van der Waals surface area contributed by atoms with E-state index in [1.165, 1.54) is 12.3 Å². The Bertz CT molecular complexity index is 716. The summed E-state index contributed by atoms with van der Waals surface area (Å²) in [4.78, 5) is 2.10. The average Bonchev–Trinajstić information content (AvgIpc) is 3.07. The Balaban J connectivity index is 1.87. The van der Waals surface area contributed by atoms with Gasteiger partial charge in [0.1, 0.15) is 5.75 Å². The molecule has 0 radical (unpaired) electrons. The fourth-order valence-electron chi connectivity index (χ4n) is 3.34. The first-order valence-corrected chi connectivity index (χ1v) is 8.69. The molecule has 1 aromatic carbocycles. The van der Waals surface area contributed by atoms with Crippen molar-refractivity contribution < 1.29 is 17.9 Å². The average molecular weight is 368 g/mol. The molecule has 0 spiro atoms. The molecule has 2 aromatic rings. The first kappa shape index (κ1) is 18.6. The molecule has 0 amide bonds. The molecular formula is C18H23F3N4O. The Hall–Kier alpha value is -2.22. The van der Waals surface area contributed by atoms with Crippen LogP contribution in [0.25, 0.3) is 11.1 Å². The molecule has 0 bridgehead atoms. The first-order chi connectivity index (χ1) is 12.3. The summed E-state index contributed by atoms with van der Waals surface area (Å²) < 4.78 is 42.9. The molecule has 8 heteroatoms. The maximum atomic E-state index is 12.9. The highest BCUT2D eigenvalue weighted by molar-refractivity contribution is 5.73. The van der Waals surface area contributed by atoms with Crippen LogP contribution in [0.4, 0.5) is 18.9 Å². The van der Waals surface area contributed by atoms with Gasteiger partial charge in [-0.3, -0.25) is 5.10 Å². The van der Waals surface area contributed by atoms with Crippen LogP contribution in [0.3, 0.4) is 0 Å². The maximum Gasteiger partial charge on any atom is 0.573 e. The van der Waals surface area contributed by atoms with E-state index in [1.807, 2.05) is 6.07 Å². The lowest BCUT2D eigenvalue weighted by Gasteiger charge is -2.36. The molecule has 1 aromatic heterocycles. The number of alkyl halides is 3. The Kier molecular flexibility index (Phi) is 5.41. The van der Waals surface area contributed by atoms with Crippen molar-refractivity contribution in [3.63, 3.8) is 0 Å². The number of hydrogen-bond donors (Lipinski definition) is 2. The second kappa shape index (κ2) is 7.57. The molecule has 0 aliphatic carbocycles. The second-order valence-corrected chi connectivity index (χ2v) is 6.94. The fourth-order valence-corrected chi connectivity index (χ4v) is 3.34. The van der Waals surface area contributed by atoms with Crippen molar-refractivity contribution in [2.45, 2.75) is 32.7 Å². The molecule has 2 N–H and O–H groups in total. The molecule has 1 aliphatic rings. The van der Waals surface area contributed by atoms with Gasteiger partial charge in [0.25, 0.3) is 0 Å². The van der Waals surface area contributed by atoms with E-state index in [0.717, 1.165) is 31.7 Å². The molecule has 1 fully saturated rings. The molecule has 142 valence electrons. The summed E-state index contributed by atoms with van der Waals surface area (Å²) in [6.07, 6.45) is -0.709. The van der Waals surface area contributed by atoms with Crippen LogP contribution in [0.15, 0.2) is 30.6 Å². The van der Waals surface area contributed by atoms with Gasteiger partial charge in [-0.1, -0.05) is 13.8 Å². The molecule has 2 heterocycles. The van der Waals surface area contributed by atoms with E-state index in [9.17, 15) is 13.2 Å². The van der Waals surface area contributed by atoms with Gasteiger partial charge in [-0.25, -0.2) is 0 Å². The Morgan fingerprint density at radius 3 is 2.81 bits per heavy atom. The molecule has 26 heavy (non-hydrogen) atoms. The van der Waals surface area contributed by atoms with Gasteiger partial charge in [-0.15, -0.1) is 13.2 Å². The maximum absolute atomic E-state index is 12.9. The van der Waals surface area contributed by atoms with Crippen molar-refractivity contribution in [3.05, 3.63) is 30.6 Å². The van der Waals surface area contributed by atoms with Crippen LogP contribution in [0.5, 0.6) is 5.75 Å². The number of halogens is 3. The number of benzene rings is 1. The summed E-state index contributed by atoms with van der Waals surface area (Å²) in [7, 11) is 0. The summed E-state index contributed by atoms with van der Waals surface area (Å²) in [5.74, 6) is 0.343. The van der Waals surface area contributed by atoms with Gasteiger partial charge in [0, 0.05) is 54.8 Å². The van der Waals surface area contributed by atoms with Gasteiger partial charge >= 0.3 is 6.36 Å². The quantitative estimate of drug-likeness (QED) is 0.843. The van der Waals surface area contributed by atoms with Crippen LogP contribution in [-0.4, -0.2) is 42.2 Å². The van der Waals surface area contributed by atoms with Crippen molar-refractivity contribution in [3.8, 4) is 16.9 Å². The smallest absolute Gasteiger partial charge is 0.405 e. The SMILES string of the molecule is CC(C)CC1CN(c2ccc(-c3cn[nH]c3)c(OC(F)(F)F)c2)CCN1.